The van der Waals surface area contributed by atoms with Crippen LogP contribution < -0.4 is 4.73 Å². The van der Waals surface area contributed by atoms with Gasteiger partial charge in [0.15, 0.2) is 12.4 Å². The molecule has 0 bridgehead atoms. The fraction of sp³-hybridized carbons (Fsp3) is 0.0526. The van der Waals surface area contributed by atoms with E-state index in [9.17, 15) is 10.0 Å². The second kappa shape index (κ2) is 6.32. The van der Waals surface area contributed by atoms with E-state index in [0.717, 1.165) is 11.1 Å². The van der Waals surface area contributed by atoms with Crippen LogP contribution >= 0.6 is 0 Å². The molecule has 0 saturated carbocycles. The molecule has 114 valence electrons. The fourth-order valence-corrected chi connectivity index (χ4v) is 2.50. The number of rotatable bonds is 3. The van der Waals surface area contributed by atoms with Crippen LogP contribution in [0.2, 0.25) is 0 Å². The van der Waals surface area contributed by atoms with Crippen molar-refractivity contribution in [2.45, 2.75) is 0 Å². The normalized spacial score (nSPS) is 10.3. The molecule has 0 unspecified atom stereocenters. The zero-order chi connectivity index (χ0) is 16.2. The van der Waals surface area contributed by atoms with Crippen molar-refractivity contribution in [3.63, 3.8) is 0 Å². The van der Waals surface area contributed by atoms with E-state index >= 15 is 0 Å². The number of carbonyl (C=O) groups is 1. The van der Waals surface area contributed by atoms with Crippen molar-refractivity contribution in [2.75, 3.05) is 7.11 Å². The van der Waals surface area contributed by atoms with Crippen LogP contribution in [-0.2, 0) is 4.74 Å². The van der Waals surface area contributed by atoms with E-state index in [1.807, 2.05) is 42.5 Å². The molecule has 4 heteroatoms. The molecule has 3 rings (SSSR count). The maximum atomic E-state index is 12.0. The zero-order valence-corrected chi connectivity index (χ0v) is 12.6. The first kappa shape index (κ1) is 14.8. The summed E-state index contributed by atoms with van der Waals surface area (Å²) in [5, 5.41) is 11.6. The van der Waals surface area contributed by atoms with E-state index in [4.69, 9.17) is 4.74 Å². The first-order valence-corrected chi connectivity index (χ1v) is 7.16. The van der Waals surface area contributed by atoms with Gasteiger partial charge in [0.2, 0.25) is 0 Å². The average Bonchev–Trinajstić information content (AvgIpc) is 2.61. The Morgan fingerprint density at radius 2 is 1.70 bits per heavy atom. The number of ether oxygens (including phenoxy) is 1. The smallest absolute Gasteiger partial charge is 0.338 e. The lowest BCUT2D eigenvalue weighted by molar-refractivity contribution is -0.604. The molecule has 0 saturated heterocycles. The number of esters is 1. The van der Waals surface area contributed by atoms with E-state index in [2.05, 4.69) is 0 Å². The molecule has 0 N–H and O–H groups in total. The molecule has 0 aliphatic carbocycles. The van der Waals surface area contributed by atoms with E-state index in [1.54, 1.807) is 18.2 Å². The third kappa shape index (κ3) is 3.06. The van der Waals surface area contributed by atoms with Gasteiger partial charge in [-0.1, -0.05) is 36.4 Å². The molecule has 0 radical (unpaired) electrons. The van der Waals surface area contributed by atoms with Crippen LogP contribution in [0.25, 0.3) is 22.3 Å². The van der Waals surface area contributed by atoms with Crippen LogP contribution in [0.4, 0.5) is 0 Å². The summed E-state index contributed by atoms with van der Waals surface area (Å²) in [6.07, 6.45) is 2.85. The van der Waals surface area contributed by atoms with Crippen LogP contribution in [0.15, 0.2) is 73.1 Å². The Bertz CT molecular complexity index is 844. The minimum Gasteiger partial charge on any atom is -0.619 e. The summed E-state index contributed by atoms with van der Waals surface area (Å²) in [6, 6.07) is 18.8. The molecule has 3 aromatic rings. The Morgan fingerprint density at radius 3 is 2.39 bits per heavy atom. The van der Waals surface area contributed by atoms with Gasteiger partial charge in [0.1, 0.15) is 0 Å². The van der Waals surface area contributed by atoms with Crippen LogP contribution in [0.5, 0.6) is 0 Å². The van der Waals surface area contributed by atoms with Gasteiger partial charge < -0.3 is 9.94 Å². The number of carbonyl (C=O) groups excluding carboxylic acids is 1. The highest BCUT2D eigenvalue weighted by Gasteiger charge is 2.16. The molecular weight excluding hydrogens is 290 g/mol. The van der Waals surface area contributed by atoms with Crippen molar-refractivity contribution in [2.24, 2.45) is 0 Å². The third-order valence-corrected chi connectivity index (χ3v) is 3.62. The molecule has 4 nitrogen and oxygen atoms in total. The molecule has 0 amide bonds. The highest BCUT2D eigenvalue weighted by Crippen LogP contribution is 2.29. The predicted octanol–water partition coefficient (Wildman–Crippen LogP) is 3.44. The first-order chi connectivity index (χ1) is 11.2. The predicted molar refractivity (Wildman–Crippen MR) is 87.6 cm³/mol. The van der Waals surface area contributed by atoms with Gasteiger partial charge in [-0.05, 0) is 29.3 Å². The van der Waals surface area contributed by atoms with Crippen molar-refractivity contribution in [1.82, 2.24) is 0 Å². The van der Waals surface area contributed by atoms with Crippen molar-refractivity contribution in [1.29, 1.82) is 0 Å². The molecule has 2 aromatic carbocycles. The van der Waals surface area contributed by atoms with Crippen LogP contribution in [-0.4, -0.2) is 13.1 Å². The van der Waals surface area contributed by atoms with Gasteiger partial charge >= 0.3 is 5.97 Å². The van der Waals surface area contributed by atoms with Crippen molar-refractivity contribution >= 4 is 5.97 Å². The first-order valence-electron chi connectivity index (χ1n) is 7.16. The minimum absolute atomic E-state index is 0.429. The van der Waals surface area contributed by atoms with Crippen LogP contribution in [0, 0.1) is 5.21 Å². The van der Waals surface area contributed by atoms with E-state index in [1.165, 1.54) is 19.5 Å². The molecule has 0 aliphatic rings. The summed E-state index contributed by atoms with van der Waals surface area (Å²) in [5.74, 6) is -0.430. The number of aromatic nitrogens is 1. The van der Waals surface area contributed by atoms with Gasteiger partial charge in [-0.15, -0.1) is 0 Å². The van der Waals surface area contributed by atoms with Gasteiger partial charge in [-0.3, -0.25) is 0 Å². The van der Waals surface area contributed by atoms with Crippen LogP contribution in [0.1, 0.15) is 10.4 Å². The second-order valence-corrected chi connectivity index (χ2v) is 5.07. The number of pyridine rings is 1. The second-order valence-electron chi connectivity index (χ2n) is 5.07. The average molecular weight is 305 g/mol. The summed E-state index contributed by atoms with van der Waals surface area (Å²) in [7, 11) is 1.34. The molecule has 23 heavy (non-hydrogen) atoms. The Balaban J connectivity index is 2.19. The van der Waals surface area contributed by atoms with E-state index < -0.39 is 5.97 Å². The van der Waals surface area contributed by atoms with Crippen molar-refractivity contribution in [3.05, 3.63) is 83.8 Å². The molecule has 0 aliphatic heterocycles. The van der Waals surface area contributed by atoms with Crippen molar-refractivity contribution < 1.29 is 14.3 Å². The fourth-order valence-electron chi connectivity index (χ4n) is 2.50. The van der Waals surface area contributed by atoms with Gasteiger partial charge in [0.05, 0.1) is 12.7 Å². The number of benzene rings is 2. The monoisotopic (exact) mass is 305 g/mol. The number of hydrogen-bond donors (Lipinski definition) is 0. The molecule has 1 heterocycles. The minimum atomic E-state index is -0.430. The maximum absolute atomic E-state index is 12.0. The molecule has 0 atom stereocenters. The number of hydrogen-bond acceptors (Lipinski definition) is 3. The number of nitrogens with zero attached hydrogens (tertiary/aromatic N) is 1. The lowest BCUT2D eigenvalue weighted by Crippen LogP contribution is -2.24. The van der Waals surface area contributed by atoms with Crippen molar-refractivity contribution in [3.8, 4) is 22.3 Å². The number of methoxy groups -OCH3 is 1. The quantitative estimate of drug-likeness (QED) is 0.423. The summed E-state index contributed by atoms with van der Waals surface area (Å²) >= 11 is 0. The highest BCUT2D eigenvalue weighted by atomic mass is 16.5. The Hall–Kier alpha value is -3.14. The molecule has 0 spiro atoms. The summed E-state index contributed by atoms with van der Waals surface area (Å²) in [4.78, 5) is 12.0. The summed E-state index contributed by atoms with van der Waals surface area (Å²) in [5.41, 5.74) is 3.77. The van der Waals surface area contributed by atoms with Gasteiger partial charge in [0.25, 0.3) is 0 Å². The maximum Gasteiger partial charge on any atom is 0.338 e. The summed E-state index contributed by atoms with van der Waals surface area (Å²) in [6.45, 7) is 0. The van der Waals surface area contributed by atoms with Gasteiger partial charge in [-0.2, -0.15) is 4.73 Å². The van der Waals surface area contributed by atoms with E-state index in [0.29, 0.717) is 21.4 Å². The lowest BCUT2D eigenvalue weighted by Gasteiger charge is -2.11. The van der Waals surface area contributed by atoms with Crippen LogP contribution in [0.3, 0.4) is 0 Å². The molecule has 1 aromatic heterocycles. The molecular formula is C19H15NO3. The standard InChI is InChI=1S/C19H15NO3/c1-23-19(21)17-10-9-15(14-6-3-2-4-7-14)12-18(17)16-8-5-11-20(22)13-16/h2-13H,1H3. The SMILES string of the molecule is COC(=O)c1ccc(-c2ccccc2)cc1-c1ccc[n+]([O-])c1. The topological polar surface area (TPSA) is 53.2 Å². The van der Waals surface area contributed by atoms with E-state index in [-0.39, 0.29) is 0 Å². The van der Waals surface area contributed by atoms with Gasteiger partial charge in [0, 0.05) is 17.2 Å². The Labute approximate surface area is 134 Å². The Morgan fingerprint density at radius 1 is 0.957 bits per heavy atom. The highest BCUT2D eigenvalue weighted by molar-refractivity contribution is 5.98. The van der Waals surface area contributed by atoms with Gasteiger partial charge in [-0.25, -0.2) is 4.79 Å². The largest absolute Gasteiger partial charge is 0.619 e. The Kier molecular flexibility index (Phi) is 4.06. The third-order valence-electron chi connectivity index (χ3n) is 3.62. The molecule has 0 fully saturated rings. The summed E-state index contributed by atoms with van der Waals surface area (Å²) < 4.78 is 5.56. The zero-order valence-electron chi connectivity index (χ0n) is 12.6. The lowest BCUT2D eigenvalue weighted by atomic mass is 9.95.